The van der Waals surface area contributed by atoms with E-state index in [1.165, 1.54) is 0 Å². The summed E-state index contributed by atoms with van der Waals surface area (Å²) >= 11 is 0. The minimum absolute atomic E-state index is 0.0255. The number of likely N-dealkylation sites (tertiary alicyclic amines) is 1. The number of hydrogen-bond acceptors (Lipinski definition) is 4. The van der Waals surface area contributed by atoms with Crippen molar-refractivity contribution in [2.45, 2.75) is 25.8 Å². The Balaban J connectivity index is 1.92. The number of piperidine rings is 1. The van der Waals surface area contributed by atoms with Crippen molar-refractivity contribution in [3.63, 3.8) is 0 Å². The van der Waals surface area contributed by atoms with Crippen LogP contribution in [0.2, 0.25) is 0 Å². The molecule has 21 heavy (non-hydrogen) atoms. The lowest BCUT2D eigenvalue weighted by Gasteiger charge is -2.32. The Labute approximate surface area is 126 Å². The van der Waals surface area contributed by atoms with Crippen molar-refractivity contribution < 1.29 is 14.3 Å². The van der Waals surface area contributed by atoms with E-state index < -0.39 is 0 Å². The lowest BCUT2D eigenvalue weighted by molar-refractivity contribution is -0.134. The van der Waals surface area contributed by atoms with Gasteiger partial charge in [0.2, 0.25) is 0 Å². The molecule has 1 aromatic rings. The standard InChI is InChI=1S/C16H24N2O3/c1-12-6-7-14(15(9-12)20-3)21-11-16(19)18-8-4-5-13(10-18)17-2/h6-7,9,13,17H,4-5,8,10-11H2,1-3H3/t13-/m0/s1. The van der Waals surface area contributed by atoms with E-state index in [0.717, 1.165) is 31.5 Å². The zero-order valence-corrected chi connectivity index (χ0v) is 13.0. The summed E-state index contributed by atoms with van der Waals surface area (Å²) in [6, 6.07) is 6.07. The fraction of sp³-hybridized carbons (Fsp3) is 0.562. The molecule has 1 saturated heterocycles. The van der Waals surface area contributed by atoms with E-state index in [9.17, 15) is 4.79 Å². The van der Waals surface area contributed by atoms with Crippen molar-refractivity contribution in [3.05, 3.63) is 23.8 Å². The SMILES string of the molecule is CN[C@H]1CCCN(C(=O)COc2ccc(C)cc2OC)C1. The molecule has 5 nitrogen and oxygen atoms in total. The van der Waals surface area contributed by atoms with Gasteiger partial charge in [-0.3, -0.25) is 4.79 Å². The first-order valence-corrected chi connectivity index (χ1v) is 7.36. The summed E-state index contributed by atoms with van der Waals surface area (Å²) < 4.78 is 10.9. The predicted molar refractivity (Wildman–Crippen MR) is 81.9 cm³/mol. The first-order valence-electron chi connectivity index (χ1n) is 7.36. The fourth-order valence-electron chi connectivity index (χ4n) is 2.56. The maximum absolute atomic E-state index is 12.2. The Morgan fingerprint density at radius 1 is 1.43 bits per heavy atom. The van der Waals surface area contributed by atoms with Crippen molar-refractivity contribution in [2.75, 3.05) is 33.9 Å². The summed E-state index contributed by atoms with van der Waals surface area (Å²) in [6.45, 7) is 3.61. The van der Waals surface area contributed by atoms with Crippen LogP contribution >= 0.6 is 0 Å². The van der Waals surface area contributed by atoms with Gasteiger partial charge in [0.15, 0.2) is 18.1 Å². The zero-order chi connectivity index (χ0) is 15.2. The Bertz CT molecular complexity index is 490. The molecule has 1 aromatic carbocycles. The highest BCUT2D eigenvalue weighted by molar-refractivity contribution is 5.78. The molecule has 0 aliphatic carbocycles. The molecule has 0 bridgehead atoms. The first kappa shape index (κ1) is 15.6. The second-order valence-electron chi connectivity index (χ2n) is 5.41. The van der Waals surface area contributed by atoms with Crippen LogP contribution < -0.4 is 14.8 Å². The third kappa shape index (κ3) is 4.11. The average Bonchev–Trinajstić information content (AvgIpc) is 2.53. The van der Waals surface area contributed by atoms with E-state index in [2.05, 4.69) is 5.32 Å². The van der Waals surface area contributed by atoms with Crippen molar-refractivity contribution >= 4 is 5.91 Å². The molecule has 2 rings (SSSR count). The molecule has 1 atom stereocenters. The monoisotopic (exact) mass is 292 g/mol. The van der Waals surface area contributed by atoms with Crippen LogP contribution in [0.25, 0.3) is 0 Å². The van der Waals surface area contributed by atoms with Crippen LogP contribution in [0.15, 0.2) is 18.2 Å². The van der Waals surface area contributed by atoms with Crippen LogP contribution in [0.1, 0.15) is 18.4 Å². The van der Waals surface area contributed by atoms with Gasteiger partial charge in [-0.05, 0) is 44.5 Å². The molecular formula is C16H24N2O3. The Hall–Kier alpha value is -1.75. The van der Waals surface area contributed by atoms with Gasteiger partial charge in [0.1, 0.15) is 0 Å². The van der Waals surface area contributed by atoms with Crippen molar-refractivity contribution in [3.8, 4) is 11.5 Å². The number of nitrogens with zero attached hydrogens (tertiary/aromatic N) is 1. The molecular weight excluding hydrogens is 268 g/mol. The van der Waals surface area contributed by atoms with E-state index >= 15 is 0 Å². The highest BCUT2D eigenvalue weighted by Gasteiger charge is 2.23. The molecule has 1 amide bonds. The number of hydrogen-bond donors (Lipinski definition) is 1. The van der Waals surface area contributed by atoms with Crippen LogP contribution in [0.3, 0.4) is 0 Å². The van der Waals surface area contributed by atoms with Crippen molar-refractivity contribution in [1.29, 1.82) is 0 Å². The minimum atomic E-state index is 0.0255. The van der Waals surface area contributed by atoms with Crippen LogP contribution in [0, 0.1) is 6.92 Å². The zero-order valence-electron chi connectivity index (χ0n) is 13.0. The summed E-state index contributed by atoms with van der Waals surface area (Å²) in [5, 5.41) is 3.23. The third-order valence-electron chi connectivity index (χ3n) is 3.85. The van der Waals surface area contributed by atoms with Gasteiger partial charge in [-0.2, -0.15) is 0 Å². The number of methoxy groups -OCH3 is 1. The number of aryl methyl sites for hydroxylation is 1. The molecule has 5 heteroatoms. The van der Waals surface area contributed by atoms with Gasteiger partial charge in [0.25, 0.3) is 5.91 Å². The predicted octanol–water partition coefficient (Wildman–Crippen LogP) is 1.59. The smallest absolute Gasteiger partial charge is 0.260 e. The molecule has 1 aliphatic heterocycles. The van der Waals surface area contributed by atoms with Gasteiger partial charge >= 0.3 is 0 Å². The van der Waals surface area contributed by atoms with Crippen molar-refractivity contribution in [1.82, 2.24) is 10.2 Å². The van der Waals surface area contributed by atoms with E-state index in [4.69, 9.17) is 9.47 Å². The maximum atomic E-state index is 12.2. The molecule has 0 radical (unpaired) electrons. The quantitative estimate of drug-likeness (QED) is 0.895. The molecule has 1 heterocycles. The first-order chi connectivity index (χ1) is 10.1. The van der Waals surface area contributed by atoms with Crippen molar-refractivity contribution in [2.24, 2.45) is 0 Å². The number of carbonyl (C=O) groups is 1. The molecule has 116 valence electrons. The maximum Gasteiger partial charge on any atom is 0.260 e. The molecule has 0 saturated carbocycles. The lowest BCUT2D eigenvalue weighted by Crippen LogP contribution is -2.48. The number of benzene rings is 1. The van der Waals surface area contributed by atoms with Gasteiger partial charge < -0.3 is 19.7 Å². The fourth-order valence-corrected chi connectivity index (χ4v) is 2.56. The summed E-state index contributed by atoms with van der Waals surface area (Å²) in [5.41, 5.74) is 1.10. The van der Waals surface area contributed by atoms with Crippen LogP contribution in [-0.2, 0) is 4.79 Å². The highest BCUT2D eigenvalue weighted by atomic mass is 16.5. The Kier molecular flexibility index (Phi) is 5.44. The number of rotatable bonds is 5. The van der Waals surface area contributed by atoms with E-state index in [1.807, 2.05) is 37.1 Å². The second kappa shape index (κ2) is 7.31. The summed E-state index contributed by atoms with van der Waals surface area (Å²) in [4.78, 5) is 14.1. The summed E-state index contributed by atoms with van der Waals surface area (Å²) in [6.07, 6.45) is 2.15. The molecule has 1 fully saturated rings. The number of ether oxygens (including phenoxy) is 2. The van der Waals surface area contributed by atoms with E-state index in [0.29, 0.717) is 17.5 Å². The molecule has 0 aromatic heterocycles. The van der Waals surface area contributed by atoms with Crippen LogP contribution in [0.5, 0.6) is 11.5 Å². The normalized spacial score (nSPS) is 18.4. The topological polar surface area (TPSA) is 50.8 Å². The number of carbonyl (C=O) groups excluding carboxylic acids is 1. The summed E-state index contributed by atoms with van der Waals surface area (Å²) in [7, 11) is 3.54. The second-order valence-corrected chi connectivity index (χ2v) is 5.41. The minimum Gasteiger partial charge on any atom is -0.493 e. The number of nitrogens with one attached hydrogen (secondary N) is 1. The van der Waals surface area contributed by atoms with Gasteiger partial charge in [0, 0.05) is 19.1 Å². The Morgan fingerprint density at radius 3 is 2.95 bits per heavy atom. The number of amides is 1. The average molecular weight is 292 g/mol. The number of likely N-dealkylation sites (N-methyl/N-ethyl adjacent to an activating group) is 1. The molecule has 1 aliphatic rings. The van der Waals surface area contributed by atoms with Gasteiger partial charge in [-0.1, -0.05) is 6.07 Å². The molecule has 0 spiro atoms. The lowest BCUT2D eigenvalue weighted by atomic mass is 10.1. The van der Waals surface area contributed by atoms with Crippen LogP contribution in [-0.4, -0.2) is 50.7 Å². The van der Waals surface area contributed by atoms with E-state index in [1.54, 1.807) is 7.11 Å². The Morgan fingerprint density at radius 2 is 2.24 bits per heavy atom. The summed E-state index contributed by atoms with van der Waals surface area (Å²) in [5.74, 6) is 1.30. The highest BCUT2D eigenvalue weighted by Crippen LogP contribution is 2.27. The largest absolute Gasteiger partial charge is 0.493 e. The van der Waals surface area contributed by atoms with Gasteiger partial charge in [-0.25, -0.2) is 0 Å². The van der Waals surface area contributed by atoms with E-state index in [-0.39, 0.29) is 12.5 Å². The molecule has 0 unspecified atom stereocenters. The van der Waals surface area contributed by atoms with Gasteiger partial charge in [0.05, 0.1) is 7.11 Å². The third-order valence-corrected chi connectivity index (χ3v) is 3.85. The van der Waals surface area contributed by atoms with Gasteiger partial charge in [-0.15, -0.1) is 0 Å². The van der Waals surface area contributed by atoms with Crippen LogP contribution in [0.4, 0.5) is 0 Å². The molecule has 1 N–H and O–H groups in total.